The molecular weight excluding hydrogens is 121 g/mol. The van der Waals surface area contributed by atoms with Crippen molar-refractivity contribution in [2.75, 3.05) is 6.61 Å². The van der Waals surface area contributed by atoms with Gasteiger partial charge in [0.1, 0.15) is 0 Å². The molecule has 0 spiro atoms. The van der Waals surface area contributed by atoms with E-state index in [0.717, 1.165) is 0 Å². The van der Waals surface area contributed by atoms with Crippen molar-refractivity contribution in [3.8, 4) is 0 Å². The van der Waals surface area contributed by atoms with Crippen molar-refractivity contribution in [3.05, 3.63) is 0 Å². The van der Waals surface area contributed by atoms with E-state index >= 15 is 0 Å². The molecule has 0 rings (SSSR count). The fourth-order valence-electron chi connectivity index (χ4n) is 0.273. The van der Waals surface area contributed by atoms with Crippen molar-refractivity contribution in [3.63, 3.8) is 0 Å². The van der Waals surface area contributed by atoms with Crippen LogP contribution in [0.5, 0.6) is 0 Å². The molecule has 4 heteroatoms. The number of rotatable bonds is 2. The quantitative estimate of drug-likeness (QED) is 0.535. The third-order valence-electron chi connectivity index (χ3n) is 0.605. The smallest absolute Gasteiger partial charge is 0.389 e. The first-order chi connectivity index (χ1) is 3.56. The summed E-state index contributed by atoms with van der Waals surface area (Å²) in [7, 11) is 0. The zero-order chi connectivity index (χ0) is 6.62. The molecule has 0 unspecified atom stereocenters. The van der Waals surface area contributed by atoms with Crippen molar-refractivity contribution in [1.82, 2.24) is 0 Å². The number of hydrogen-bond donors (Lipinski definition) is 0. The van der Waals surface area contributed by atoms with Crippen LogP contribution in [0.2, 0.25) is 0 Å². The summed E-state index contributed by atoms with van der Waals surface area (Å²) < 4.78 is 33.3. The van der Waals surface area contributed by atoms with Crippen LogP contribution in [0.1, 0.15) is 12.8 Å². The van der Waals surface area contributed by atoms with Crippen molar-refractivity contribution in [2.24, 2.45) is 0 Å². The lowest BCUT2D eigenvalue weighted by atomic mass is 10.3. The lowest BCUT2D eigenvalue weighted by molar-refractivity contribution is -0.370. The molecular formula is C4H6F3O-. The molecule has 0 fully saturated rings. The van der Waals surface area contributed by atoms with Gasteiger partial charge in [-0.3, -0.25) is 0 Å². The van der Waals surface area contributed by atoms with Crippen molar-refractivity contribution in [1.29, 1.82) is 0 Å². The van der Waals surface area contributed by atoms with Gasteiger partial charge in [-0.15, -0.1) is 6.61 Å². The molecule has 0 aliphatic carbocycles. The summed E-state index contributed by atoms with van der Waals surface area (Å²) in [5.74, 6) is 0. The Morgan fingerprint density at radius 2 is 1.75 bits per heavy atom. The van der Waals surface area contributed by atoms with Crippen LogP contribution in [0.25, 0.3) is 0 Å². The van der Waals surface area contributed by atoms with Crippen LogP contribution in [0, 0.1) is 0 Å². The van der Waals surface area contributed by atoms with Crippen LogP contribution in [0.15, 0.2) is 0 Å². The summed E-state index contributed by atoms with van der Waals surface area (Å²) in [5.41, 5.74) is 0. The normalized spacial score (nSPS) is 12.0. The molecule has 0 saturated carbocycles. The molecule has 0 aromatic carbocycles. The minimum absolute atomic E-state index is 0.302. The topological polar surface area (TPSA) is 23.1 Å². The lowest BCUT2D eigenvalue weighted by Crippen LogP contribution is -2.12. The number of alkyl halides is 3. The SMILES string of the molecule is [O-]CCCC(F)(F)F. The predicted octanol–water partition coefficient (Wildman–Crippen LogP) is 0.689. The van der Waals surface area contributed by atoms with E-state index in [1.54, 1.807) is 0 Å². The van der Waals surface area contributed by atoms with Crippen LogP contribution in [-0.2, 0) is 0 Å². The zero-order valence-electron chi connectivity index (χ0n) is 4.16. The van der Waals surface area contributed by atoms with E-state index in [0.29, 0.717) is 0 Å². The molecule has 0 radical (unpaired) electrons. The standard InChI is InChI=1S/C4H6F3O/c5-4(6,7)2-1-3-8/h1-3H2/q-1. The van der Waals surface area contributed by atoms with E-state index < -0.39 is 19.2 Å². The second-order valence-electron chi connectivity index (χ2n) is 1.42. The largest absolute Gasteiger partial charge is 0.854 e. The number of hydrogen-bond acceptors (Lipinski definition) is 1. The first kappa shape index (κ1) is 7.75. The summed E-state index contributed by atoms with van der Waals surface area (Å²) in [4.78, 5) is 0. The van der Waals surface area contributed by atoms with Crippen molar-refractivity contribution >= 4 is 0 Å². The van der Waals surface area contributed by atoms with E-state index in [1.807, 2.05) is 0 Å². The van der Waals surface area contributed by atoms with Crippen LogP contribution in [0.3, 0.4) is 0 Å². The van der Waals surface area contributed by atoms with Gasteiger partial charge in [-0.05, 0) is 0 Å². The molecule has 8 heavy (non-hydrogen) atoms. The minimum atomic E-state index is -4.15. The first-order valence-electron chi connectivity index (χ1n) is 2.21. The van der Waals surface area contributed by atoms with Gasteiger partial charge in [0.05, 0.1) is 0 Å². The highest BCUT2D eigenvalue weighted by molar-refractivity contribution is 4.47. The maximum absolute atomic E-state index is 11.1. The molecule has 0 aliphatic heterocycles. The Morgan fingerprint density at radius 1 is 1.25 bits per heavy atom. The first-order valence-corrected chi connectivity index (χ1v) is 2.21. The summed E-state index contributed by atoms with van der Waals surface area (Å²) in [6.45, 7) is -0.639. The van der Waals surface area contributed by atoms with Gasteiger partial charge in [-0.25, -0.2) is 0 Å². The van der Waals surface area contributed by atoms with E-state index in [4.69, 9.17) is 0 Å². The monoisotopic (exact) mass is 127 g/mol. The van der Waals surface area contributed by atoms with Crippen molar-refractivity contribution in [2.45, 2.75) is 19.0 Å². The third-order valence-corrected chi connectivity index (χ3v) is 0.605. The van der Waals surface area contributed by atoms with Gasteiger partial charge < -0.3 is 5.11 Å². The highest BCUT2D eigenvalue weighted by atomic mass is 19.4. The van der Waals surface area contributed by atoms with E-state index in [2.05, 4.69) is 0 Å². The van der Waals surface area contributed by atoms with Gasteiger partial charge in [0.2, 0.25) is 0 Å². The van der Waals surface area contributed by atoms with E-state index in [1.165, 1.54) is 0 Å². The van der Waals surface area contributed by atoms with Gasteiger partial charge in [0.15, 0.2) is 0 Å². The molecule has 0 aromatic heterocycles. The Kier molecular flexibility index (Phi) is 2.82. The van der Waals surface area contributed by atoms with E-state index in [-0.39, 0.29) is 6.42 Å². The van der Waals surface area contributed by atoms with Gasteiger partial charge in [-0.2, -0.15) is 13.2 Å². The maximum Gasteiger partial charge on any atom is 0.389 e. The van der Waals surface area contributed by atoms with Gasteiger partial charge >= 0.3 is 6.18 Å². The zero-order valence-corrected chi connectivity index (χ0v) is 4.16. The number of halogens is 3. The van der Waals surface area contributed by atoms with Crippen LogP contribution >= 0.6 is 0 Å². The second-order valence-corrected chi connectivity index (χ2v) is 1.42. The Bertz CT molecular complexity index is 58.8. The molecule has 0 saturated heterocycles. The second kappa shape index (κ2) is 2.91. The van der Waals surface area contributed by atoms with Gasteiger partial charge in [0.25, 0.3) is 0 Å². The van der Waals surface area contributed by atoms with Crippen LogP contribution < -0.4 is 5.11 Å². The third kappa shape index (κ3) is 5.75. The maximum atomic E-state index is 11.1. The molecule has 0 amide bonds. The Balaban J connectivity index is 3.11. The molecule has 0 heterocycles. The molecule has 0 N–H and O–H groups in total. The predicted molar refractivity (Wildman–Crippen MR) is 20.2 cm³/mol. The lowest BCUT2D eigenvalue weighted by Gasteiger charge is -2.06. The van der Waals surface area contributed by atoms with Gasteiger partial charge in [0, 0.05) is 6.42 Å². The van der Waals surface area contributed by atoms with Crippen LogP contribution in [-0.4, -0.2) is 12.8 Å². The molecule has 50 valence electrons. The molecule has 0 aliphatic rings. The average molecular weight is 127 g/mol. The summed E-state index contributed by atoms with van der Waals surface area (Å²) in [6.07, 6.45) is -5.40. The van der Waals surface area contributed by atoms with Crippen molar-refractivity contribution < 1.29 is 18.3 Å². The molecule has 0 aromatic rings. The summed E-state index contributed by atoms with van der Waals surface area (Å²) in [6, 6.07) is 0. The molecule has 0 atom stereocenters. The Morgan fingerprint density at radius 3 is 1.88 bits per heavy atom. The summed E-state index contributed by atoms with van der Waals surface area (Å²) in [5, 5.41) is 9.48. The Hall–Kier alpha value is -0.250. The highest BCUT2D eigenvalue weighted by Gasteiger charge is 2.24. The van der Waals surface area contributed by atoms with Crippen LogP contribution in [0.4, 0.5) is 13.2 Å². The van der Waals surface area contributed by atoms with Gasteiger partial charge in [-0.1, -0.05) is 6.42 Å². The summed E-state index contributed by atoms with van der Waals surface area (Å²) >= 11 is 0. The average Bonchev–Trinajstić information content (AvgIpc) is 1.59. The molecule has 1 nitrogen and oxygen atoms in total. The fraction of sp³-hybridized carbons (Fsp3) is 1.00. The molecule has 0 bridgehead atoms. The minimum Gasteiger partial charge on any atom is -0.854 e. The van der Waals surface area contributed by atoms with E-state index in [9.17, 15) is 18.3 Å². The Labute approximate surface area is 45.1 Å². The fourth-order valence-corrected chi connectivity index (χ4v) is 0.273. The highest BCUT2D eigenvalue weighted by Crippen LogP contribution is 2.20.